The number of fused-ring (bicyclic) bond motifs is 2. The minimum absolute atomic E-state index is 0.236. The molecule has 3 rings (SSSR count). The molecule has 0 heterocycles. The highest BCUT2D eigenvalue weighted by Gasteiger charge is 2.61. The third-order valence-corrected chi connectivity index (χ3v) is 7.16. The van der Waals surface area contributed by atoms with Crippen molar-refractivity contribution in [2.75, 3.05) is 13.2 Å². The van der Waals surface area contributed by atoms with Crippen LogP contribution in [0.25, 0.3) is 0 Å². The second-order valence-corrected chi connectivity index (χ2v) is 8.63. The highest BCUT2D eigenvalue weighted by atomic mass is 16.5. The van der Waals surface area contributed by atoms with E-state index in [9.17, 15) is 5.11 Å². The van der Waals surface area contributed by atoms with Crippen molar-refractivity contribution >= 4 is 0 Å². The summed E-state index contributed by atoms with van der Waals surface area (Å²) >= 11 is 0. The molecule has 2 aliphatic rings. The smallest absolute Gasteiger partial charge is 0.0898 e. The van der Waals surface area contributed by atoms with Gasteiger partial charge in [0.25, 0.3) is 0 Å². The van der Waals surface area contributed by atoms with Crippen LogP contribution in [-0.2, 0) is 4.74 Å². The fourth-order valence-electron chi connectivity index (χ4n) is 4.84. The molecule has 2 aliphatic carbocycles. The molecule has 1 aromatic carbocycles. The third-order valence-electron chi connectivity index (χ3n) is 7.16. The Kier molecular flexibility index (Phi) is 5.06. The Hall–Kier alpha value is -0.900. The van der Waals surface area contributed by atoms with E-state index in [2.05, 4.69) is 45.1 Å². The van der Waals surface area contributed by atoms with Crippen molar-refractivity contribution in [3.05, 3.63) is 35.9 Å². The van der Waals surface area contributed by atoms with E-state index in [1.165, 1.54) is 18.4 Å². The summed E-state index contributed by atoms with van der Waals surface area (Å²) in [7, 11) is 0. The van der Waals surface area contributed by atoms with Crippen LogP contribution in [0, 0.1) is 16.7 Å². The molecule has 0 radical (unpaired) electrons. The molecule has 2 fully saturated rings. The lowest BCUT2D eigenvalue weighted by Gasteiger charge is -2.39. The van der Waals surface area contributed by atoms with Gasteiger partial charge in [0.15, 0.2) is 0 Å². The van der Waals surface area contributed by atoms with Crippen molar-refractivity contribution in [3.8, 4) is 0 Å². The van der Waals surface area contributed by atoms with Crippen LogP contribution < -0.4 is 5.32 Å². The highest BCUT2D eigenvalue weighted by molar-refractivity contribution is 5.18. The van der Waals surface area contributed by atoms with Crippen LogP contribution in [-0.4, -0.2) is 30.5 Å². The van der Waals surface area contributed by atoms with E-state index in [0.29, 0.717) is 24.7 Å². The standard InChI is InChI=1S/C21H33NO2/c1-15(16-8-6-5-7-9-16)22-13-18(23)14-24-19-12-17-10-11-21(19,4)20(17,2)3/h5-9,15,17-19,22-23H,10-14H2,1-4H3/t15-,17+,18-,19-,21+/m1/s1. The predicted molar refractivity (Wildman–Crippen MR) is 97.8 cm³/mol. The zero-order valence-electron chi connectivity index (χ0n) is 15.6. The van der Waals surface area contributed by atoms with Gasteiger partial charge in [-0.2, -0.15) is 0 Å². The van der Waals surface area contributed by atoms with Gasteiger partial charge in [-0.15, -0.1) is 0 Å². The van der Waals surface area contributed by atoms with E-state index in [1.54, 1.807) is 0 Å². The van der Waals surface area contributed by atoms with Crippen molar-refractivity contribution in [2.45, 2.75) is 65.2 Å². The Morgan fingerprint density at radius 2 is 1.96 bits per heavy atom. The highest BCUT2D eigenvalue weighted by Crippen LogP contribution is 2.66. The lowest BCUT2D eigenvalue weighted by Crippen LogP contribution is -2.40. The molecule has 0 aromatic heterocycles. The summed E-state index contributed by atoms with van der Waals surface area (Å²) in [6, 6.07) is 10.6. The van der Waals surface area contributed by atoms with Crippen LogP contribution in [0.3, 0.4) is 0 Å². The molecule has 2 saturated carbocycles. The van der Waals surface area contributed by atoms with E-state index in [0.717, 1.165) is 12.3 Å². The van der Waals surface area contributed by atoms with Gasteiger partial charge in [-0.25, -0.2) is 0 Å². The third kappa shape index (κ3) is 3.14. The molecule has 5 atom stereocenters. The van der Waals surface area contributed by atoms with Crippen LogP contribution >= 0.6 is 0 Å². The summed E-state index contributed by atoms with van der Waals surface area (Å²) in [5.74, 6) is 0.779. The van der Waals surface area contributed by atoms with Crippen molar-refractivity contribution in [1.82, 2.24) is 5.32 Å². The lowest BCUT2D eigenvalue weighted by atomic mass is 9.70. The van der Waals surface area contributed by atoms with Crippen molar-refractivity contribution in [1.29, 1.82) is 0 Å². The molecule has 24 heavy (non-hydrogen) atoms. The minimum atomic E-state index is -0.456. The van der Waals surface area contributed by atoms with Gasteiger partial charge in [0, 0.05) is 12.6 Å². The maximum Gasteiger partial charge on any atom is 0.0898 e. The molecular weight excluding hydrogens is 298 g/mol. The number of ether oxygens (including phenoxy) is 1. The van der Waals surface area contributed by atoms with Crippen LogP contribution in [0.1, 0.15) is 58.6 Å². The van der Waals surface area contributed by atoms with Crippen LogP contribution in [0.15, 0.2) is 30.3 Å². The van der Waals surface area contributed by atoms with E-state index >= 15 is 0 Å². The first-order chi connectivity index (χ1) is 11.3. The number of hydrogen-bond acceptors (Lipinski definition) is 3. The first-order valence-corrected chi connectivity index (χ1v) is 9.42. The van der Waals surface area contributed by atoms with Gasteiger partial charge < -0.3 is 15.2 Å². The van der Waals surface area contributed by atoms with Gasteiger partial charge in [0.05, 0.1) is 18.8 Å². The predicted octanol–water partition coefficient (Wildman–Crippen LogP) is 3.93. The minimum Gasteiger partial charge on any atom is -0.389 e. The Labute approximate surface area is 146 Å². The fourth-order valence-corrected chi connectivity index (χ4v) is 4.84. The Bertz CT molecular complexity index is 544. The number of rotatable bonds is 7. The van der Waals surface area contributed by atoms with Gasteiger partial charge in [-0.1, -0.05) is 51.1 Å². The normalized spacial score (nSPS) is 33.5. The molecule has 0 aliphatic heterocycles. The molecule has 0 unspecified atom stereocenters. The van der Waals surface area contributed by atoms with Gasteiger partial charge in [0.1, 0.15) is 0 Å². The van der Waals surface area contributed by atoms with Gasteiger partial charge in [-0.3, -0.25) is 0 Å². The molecule has 1 aromatic rings. The van der Waals surface area contributed by atoms with E-state index in [-0.39, 0.29) is 11.5 Å². The van der Waals surface area contributed by atoms with Gasteiger partial charge in [0.2, 0.25) is 0 Å². The summed E-state index contributed by atoms with van der Waals surface area (Å²) in [5, 5.41) is 13.7. The van der Waals surface area contributed by atoms with Crippen LogP contribution in [0.2, 0.25) is 0 Å². The Morgan fingerprint density at radius 3 is 2.54 bits per heavy atom. The maximum absolute atomic E-state index is 10.3. The number of aliphatic hydroxyl groups is 1. The topological polar surface area (TPSA) is 41.5 Å². The maximum atomic E-state index is 10.3. The summed E-state index contributed by atoms with van der Waals surface area (Å²) in [4.78, 5) is 0. The molecular formula is C21H33NO2. The van der Waals surface area contributed by atoms with E-state index in [4.69, 9.17) is 4.74 Å². The largest absolute Gasteiger partial charge is 0.389 e. The molecule has 0 saturated heterocycles. The molecule has 0 amide bonds. The van der Waals surface area contributed by atoms with Gasteiger partial charge >= 0.3 is 0 Å². The number of benzene rings is 1. The van der Waals surface area contributed by atoms with Crippen LogP contribution in [0.5, 0.6) is 0 Å². The molecule has 2 N–H and O–H groups in total. The molecule has 134 valence electrons. The molecule has 0 spiro atoms. The summed E-state index contributed by atoms with van der Waals surface area (Å²) < 4.78 is 6.19. The average Bonchev–Trinajstić information content (AvgIpc) is 2.91. The quantitative estimate of drug-likeness (QED) is 0.795. The Morgan fingerprint density at radius 1 is 1.25 bits per heavy atom. The fraction of sp³-hybridized carbons (Fsp3) is 0.714. The monoisotopic (exact) mass is 331 g/mol. The number of nitrogens with one attached hydrogen (secondary N) is 1. The summed E-state index contributed by atoms with van der Waals surface area (Å²) in [6.07, 6.45) is 3.59. The summed E-state index contributed by atoms with van der Waals surface area (Å²) in [5.41, 5.74) is 1.87. The molecule has 3 nitrogen and oxygen atoms in total. The van der Waals surface area contributed by atoms with Crippen molar-refractivity contribution < 1.29 is 9.84 Å². The average molecular weight is 332 g/mol. The van der Waals surface area contributed by atoms with Crippen molar-refractivity contribution in [2.24, 2.45) is 16.7 Å². The van der Waals surface area contributed by atoms with E-state index in [1.807, 2.05) is 18.2 Å². The number of hydrogen-bond donors (Lipinski definition) is 2. The second-order valence-electron chi connectivity index (χ2n) is 8.63. The van der Waals surface area contributed by atoms with Crippen molar-refractivity contribution in [3.63, 3.8) is 0 Å². The van der Waals surface area contributed by atoms with Gasteiger partial charge in [-0.05, 0) is 48.5 Å². The molecule has 2 bridgehead atoms. The first-order valence-electron chi connectivity index (χ1n) is 9.42. The first kappa shape index (κ1) is 17.9. The van der Waals surface area contributed by atoms with E-state index < -0.39 is 6.10 Å². The lowest BCUT2D eigenvalue weighted by molar-refractivity contribution is -0.0744. The zero-order valence-corrected chi connectivity index (χ0v) is 15.6. The zero-order chi connectivity index (χ0) is 17.4. The Balaban J connectivity index is 1.44. The summed E-state index contributed by atoms with van der Waals surface area (Å²) in [6.45, 7) is 10.3. The SMILES string of the molecule is C[C@@H](NC[C@@H](O)CO[C@@H]1C[C@@H]2CC[C@]1(C)C2(C)C)c1ccccc1. The number of aliphatic hydroxyl groups excluding tert-OH is 1. The molecule has 3 heteroatoms. The second kappa shape index (κ2) is 6.78. The van der Waals surface area contributed by atoms with Crippen LogP contribution in [0.4, 0.5) is 0 Å².